The molecule has 23 heavy (non-hydrogen) atoms. The van der Waals surface area contributed by atoms with Crippen LogP contribution in [0.25, 0.3) is 0 Å². The van der Waals surface area contributed by atoms with Gasteiger partial charge in [0.25, 0.3) is 0 Å². The van der Waals surface area contributed by atoms with E-state index in [1.807, 2.05) is 31.2 Å². The topological polar surface area (TPSA) is 66.4 Å². The number of aryl methyl sites for hydroxylation is 1. The maximum Gasteiger partial charge on any atom is 0.220 e. The molecule has 2 bridgehead atoms. The van der Waals surface area contributed by atoms with Crippen LogP contribution in [0.1, 0.15) is 48.0 Å². The molecule has 0 spiro atoms. The molecule has 3 rings (SSSR count). The molecule has 2 aliphatic rings. The van der Waals surface area contributed by atoms with Crippen molar-refractivity contribution in [3.05, 3.63) is 35.4 Å². The summed E-state index contributed by atoms with van der Waals surface area (Å²) < 4.78 is 0. The molecule has 124 valence electrons. The van der Waals surface area contributed by atoms with Crippen molar-refractivity contribution in [2.75, 3.05) is 6.61 Å². The highest BCUT2D eigenvalue weighted by molar-refractivity contribution is 5.98. The first-order chi connectivity index (χ1) is 11.1. The van der Waals surface area contributed by atoms with E-state index in [0.29, 0.717) is 17.4 Å². The van der Waals surface area contributed by atoms with E-state index < -0.39 is 0 Å². The molecule has 4 nitrogen and oxygen atoms in total. The monoisotopic (exact) mass is 315 g/mol. The molecule has 1 amide bonds. The molecule has 2 aliphatic carbocycles. The van der Waals surface area contributed by atoms with Crippen LogP contribution in [0.4, 0.5) is 0 Å². The lowest BCUT2D eigenvalue weighted by Gasteiger charge is -2.30. The van der Waals surface area contributed by atoms with Gasteiger partial charge in [0.1, 0.15) is 0 Å². The fourth-order valence-electron chi connectivity index (χ4n) is 4.27. The van der Waals surface area contributed by atoms with Crippen LogP contribution in [-0.2, 0) is 4.79 Å². The summed E-state index contributed by atoms with van der Waals surface area (Å²) in [7, 11) is 0. The minimum absolute atomic E-state index is 0.00630. The van der Waals surface area contributed by atoms with E-state index >= 15 is 0 Å². The number of aliphatic hydroxyl groups excluding tert-OH is 1. The predicted molar refractivity (Wildman–Crippen MR) is 88.1 cm³/mol. The van der Waals surface area contributed by atoms with Gasteiger partial charge in [0.05, 0.1) is 0 Å². The molecule has 1 aromatic rings. The zero-order valence-corrected chi connectivity index (χ0v) is 13.6. The molecule has 0 aromatic heterocycles. The van der Waals surface area contributed by atoms with Crippen LogP contribution in [-0.4, -0.2) is 29.4 Å². The van der Waals surface area contributed by atoms with Crippen LogP contribution < -0.4 is 5.32 Å². The molecule has 0 aliphatic heterocycles. The van der Waals surface area contributed by atoms with E-state index in [2.05, 4.69) is 5.32 Å². The van der Waals surface area contributed by atoms with Gasteiger partial charge in [-0.25, -0.2) is 0 Å². The number of hydrogen-bond donors (Lipinski definition) is 2. The first-order valence-corrected chi connectivity index (χ1v) is 8.58. The van der Waals surface area contributed by atoms with Crippen molar-refractivity contribution in [1.29, 1.82) is 0 Å². The molecule has 2 N–H and O–H groups in total. The average Bonchev–Trinajstić information content (AvgIpc) is 3.14. The van der Waals surface area contributed by atoms with E-state index in [1.165, 1.54) is 6.42 Å². The van der Waals surface area contributed by atoms with Gasteiger partial charge in [-0.05, 0) is 38.0 Å². The Morgan fingerprint density at radius 3 is 2.52 bits per heavy atom. The SMILES string of the molecule is Cc1ccc(C(=O)CCC(=O)NC2C3CCC(C3)C2CO)cc1. The number of carbonyl (C=O) groups excluding carboxylic acids is 2. The number of aliphatic hydroxyl groups is 1. The molecule has 0 saturated heterocycles. The standard InChI is InChI=1S/C19H25NO3/c1-12-2-4-13(5-3-12)17(22)8-9-18(23)20-19-15-7-6-14(10-15)16(19)11-21/h2-5,14-16,19,21H,6-11H2,1H3,(H,20,23). The first-order valence-electron chi connectivity index (χ1n) is 8.58. The smallest absolute Gasteiger partial charge is 0.220 e. The van der Waals surface area contributed by atoms with E-state index in [4.69, 9.17) is 0 Å². The Morgan fingerprint density at radius 1 is 1.13 bits per heavy atom. The van der Waals surface area contributed by atoms with Crippen molar-refractivity contribution in [1.82, 2.24) is 5.32 Å². The largest absolute Gasteiger partial charge is 0.396 e. The highest BCUT2D eigenvalue weighted by Crippen LogP contribution is 2.48. The molecule has 4 atom stereocenters. The molecular formula is C19H25NO3. The number of fused-ring (bicyclic) bond motifs is 2. The van der Waals surface area contributed by atoms with Crippen molar-refractivity contribution >= 4 is 11.7 Å². The van der Waals surface area contributed by atoms with Crippen molar-refractivity contribution in [3.8, 4) is 0 Å². The Balaban J connectivity index is 1.50. The second kappa shape index (κ2) is 6.83. The fourth-order valence-corrected chi connectivity index (χ4v) is 4.27. The normalized spacial score (nSPS) is 28.8. The van der Waals surface area contributed by atoms with E-state index in [9.17, 15) is 14.7 Å². The van der Waals surface area contributed by atoms with Crippen molar-refractivity contribution in [3.63, 3.8) is 0 Å². The van der Waals surface area contributed by atoms with Gasteiger partial charge < -0.3 is 10.4 Å². The second-order valence-corrected chi connectivity index (χ2v) is 7.06. The number of ketones is 1. The number of amides is 1. The van der Waals surface area contributed by atoms with Crippen LogP contribution in [0.2, 0.25) is 0 Å². The average molecular weight is 315 g/mol. The number of Topliss-reactive ketones (excluding diaryl/α,β-unsaturated/α-hetero) is 1. The van der Waals surface area contributed by atoms with Gasteiger partial charge in [0.2, 0.25) is 5.91 Å². The van der Waals surface area contributed by atoms with Crippen LogP contribution in [0.15, 0.2) is 24.3 Å². The van der Waals surface area contributed by atoms with Crippen LogP contribution in [0.3, 0.4) is 0 Å². The van der Waals surface area contributed by atoms with Gasteiger partial charge in [0.15, 0.2) is 5.78 Å². The summed E-state index contributed by atoms with van der Waals surface area (Å²) in [6, 6.07) is 7.55. The third kappa shape index (κ3) is 3.47. The number of carbonyl (C=O) groups is 2. The molecule has 4 heteroatoms. The van der Waals surface area contributed by atoms with Gasteiger partial charge in [-0.15, -0.1) is 0 Å². The zero-order valence-electron chi connectivity index (χ0n) is 13.6. The fraction of sp³-hybridized carbons (Fsp3) is 0.579. The minimum Gasteiger partial charge on any atom is -0.396 e. The van der Waals surface area contributed by atoms with E-state index in [-0.39, 0.29) is 43.1 Å². The highest BCUT2D eigenvalue weighted by atomic mass is 16.3. The van der Waals surface area contributed by atoms with Crippen LogP contribution >= 0.6 is 0 Å². The van der Waals surface area contributed by atoms with Gasteiger partial charge >= 0.3 is 0 Å². The summed E-state index contributed by atoms with van der Waals surface area (Å²) >= 11 is 0. The predicted octanol–water partition coefficient (Wildman–Crippen LogP) is 2.48. The summed E-state index contributed by atoms with van der Waals surface area (Å²) in [5.41, 5.74) is 1.78. The van der Waals surface area contributed by atoms with Crippen LogP contribution in [0.5, 0.6) is 0 Å². The quantitative estimate of drug-likeness (QED) is 0.793. The van der Waals surface area contributed by atoms with Gasteiger partial charge in [-0.3, -0.25) is 9.59 Å². The lowest BCUT2D eigenvalue weighted by atomic mass is 9.85. The number of nitrogens with one attached hydrogen (secondary N) is 1. The van der Waals surface area contributed by atoms with Crippen molar-refractivity contribution in [2.45, 2.75) is 45.1 Å². The summed E-state index contributed by atoms with van der Waals surface area (Å²) in [6.45, 7) is 2.13. The van der Waals surface area contributed by atoms with E-state index in [1.54, 1.807) is 0 Å². The molecule has 1 aromatic carbocycles. The molecule has 2 fully saturated rings. The number of hydrogen-bond acceptors (Lipinski definition) is 3. The van der Waals surface area contributed by atoms with Crippen LogP contribution in [0, 0.1) is 24.7 Å². The third-order valence-corrected chi connectivity index (χ3v) is 5.58. The summed E-state index contributed by atoms with van der Waals surface area (Å²) in [5, 5.41) is 12.6. The number of benzene rings is 1. The Labute approximate surface area is 137 Å². The summed E-state index contributed by atoms with van der Waals surface area (Å²) in [5.74, 6) is 1.21. The van der Waals surface area contributed by atoms with Gasteiger partial charge in [-0.1, -0.05) is 29.8 Å². The molecular weight excluding hydrogens is 290 g/mol. The van der Waals surface area contributed by atoms with Gasteiger partial charge in [-0.2, -0.15) is 0 Å². The lowest BCUT2D eigenvalue weighted by Crippen LogP contribution is -2.45. The molecule has 0 radical (unpaired) electrons. The summed E-state index contributed by atoms with van der Waals surface area (Å²) in [6.07, 6.45) is 3.90. The Hall–Kier alpha value is -1.68. The first kappa shape index (κ1) is 16.2. The Morgan fingerprint density at radius 2 is 1.83 bits per heavy atom. The lowest BCUT2D eigenvalue weighted by molar-refractivity contribution is -0.122. The Kier molecular flexibility index (Phi) is 4.81. The zero-order chi connectivity index (χ0) is 16.4. The maximum absolute atomic E-state index is 12.2. The molecule has 0 heterocycles. The third-order valence-electron chi connectivity index (χ3n) is 5.58. The maximum atomic E-state index is 12.2. The molecule has 4 unspecified atom stereocenters. The minimum atomic E-state index is -0.0681. The van der Waals surface area contributed by atoms with E-state index in [0.717, 1.165) is 18.4 Å². The highest BCUT2D eigenvalue weighted by Gasteiger charge is 2.47. The Bertz CT molecular complexity index is 581. The second-order valence-electron chi connectivity index (χ2n) is 7.06. The van der Waals surface area contributed by atoms with Crippen molar-refractivity contribution in [2.24, 2.45) is 17.8 Å². The van der Waals surface area contributed by atoms with Gasteiger partial charge in [0, 0.05) is 37.0 Å². The molecule has 2 saturated carbocycles. The summed E-state index contributed by atoms with van der Waals surface area (Å²) in [4.78, 5) is 24.3. The van der Waals surface area contributed by atoms with Crippen molar-refractivity contribution < 1.29 is 14.7 Å². The number of rotatable bonds is 6.